The van der Waals surface area contributed by atoms with Crippen LogP contribution in [-0.2, 0) is 7.05 Å². The molecule has 1 atom stereocenters. The number of benzene rings is 1. The second-order valence-corrected chi connectivity index (χ2v) is 4.13. The second-order valence-electron chi connectivity index (χ2n) is 3.73. The number of methoxy groups -OCH3 is 1. The van der Waals surface area contributed by atoms with E-state index >= 15 is 0 Å². The van der Waals surface area contributed by atoms with Gasteiger partial charge in [-0.3, -0.25) is 0 Å². The van der Waals surface area contributed by atoms with E-state index in [1.165, 1.54) is 0 Å². The van der Waals surface area contributed by atoms with Crippen molar-refractivity contribution in [3.63, 3.8) is 0 Å². The fraction of sp³-hybridized carbons (Fsp3) is 0.250. The summed E-state index contributed by atoms with van der Waals surface area (Å²) < 4.78 is 6.89. The number of ether oxygens (including phenoxy) is 1. The zero-order chi connectivity index (χ0) is 12.4. The molecular formula is C12H13ClN2O2. The van der Waals surface area contributed by atoms with Crippen LogP contribution < -0.4 is 4.74 Å². The average Bonchev–Trinajstić information content (AvgIpc) is 2.75. The van der Waals surface area contributed by atoms with E-state index in [4.69, 9.17) is 16.3 Å². The SMILES string of the molecule is COc1cc(C(O)c2cncn2C)ccc1Cl. The molecule has 2 aromatic rings. The molecule has 0 saturated carbocycles. The fourth-order valence-electron chi connectivity index (χ4n) is 1.65. The van der Waals surface area contributed by atoms with Gasteiger partial charge >= 0.3 is 0 Å². The van der Waals surface area contributed by atoms with E-state index in [9.17, 15) is 5.11 Å². The summed E-state index contributed by atoms with van der Waals surface area (Å²) >= 11 is 5.93. The summed E-state index contributed by atoms with van der Waals surface area (Å²) in [4.78, 5) is 3.97. The molecule has 0 spiro atoms. The summed E-state index contributed by atoms with van der Waals surface area (Å²) in [5, 5.41) is 10.7. The maximum absolute atomic E-state index is 10.2. The van der Waals surface area contributed by atoms with Gasteiger partial charge in [0.05, 0.1) is 30.4 Å². The molecule has 0 bridgehead atoms. The minimum atomic E-state index is -0.742. The Balaban J connectivity index is 2.38. The van der Waals surface area contributed by atoms with Crippen molar-refractivity contribution in [1.82, 2.24) is 9.55 Å². The Bertz CT molecular complexity index is 525. The van der Waals surface area contributed by atoms with Crippen LogP contribution >= 0.6 is 11.6 Å². The number of aliphatic hydroxyl groups is 1. The lowest BCUT2D eigenvalue weighted by Gasteiger charge is -2.13. The second kappa shape index (κ2) is 4.77. The zero-order valence-electron chi connectivity index (χ0n) is 9.59. The summed E-state index contributed by atoms with van der Waals surface area (Å²) in [7, 11) is 3.38. The van der Waals surface area contributed by atoms with Crippen molar-refractivity contribution >= 4 is 11.6 Å². The van der Waals surface area contributed by atoms with Gasteiger partial charge in [0.1, 0.15) is 11.9 Å². The number of hydrogen-bond donors (Lipinski definition) is 1. The van der Waals surface area contributed by atoms with Crippen LogP contribution in [0, 0.1) is 0 Å². The van der Waals surface area contributed by atoms with Crippen LogP contribution in [0.4, 0.5) is 0 Å². The van der Waals surface area contributed by atoms with Crippen LogP contribution in [0.25, 0.3) is 0 Å². The third-order valence-electron chi connectivity index (χ3n) is 2.63. The fourth-order valence-corrected chi connectivity index (χ4v) is 1.84. The van der Waals surface area contributed by atoms with E-state index in [0.29, 0.717) is 10.8 Å². The lowest BCUT2D eigenvalue weighted by Crippen LogP contribution is -2.05. The Kier molecular flexibility index (Phi) is 3.36. The van der Waals surface area contributed by atoms with Gasteiger partial charge in [-0.15, -0.1) is 0 Å². The van der Waals surface area contributed by atoms with Gasteiger partial charge in [0.25, 0.3) is 0 Å². The first-order valence-electron chi connectivity index (χ1n) is 5.11. The molecule has 0 aliphatic heterocycles. The molecule has 1 N–H and O–H groups in total. The van der Waals surface area contributed by atoms with Gasteiger partial charge in [0, 0.05) is 7.05 Å². The summed E-state index contributed by atoms with van der Waals surface area (Å²) in [5.41, 5.74) is 1.43. The minimum absolute atomic E-state index is 0.522. The molecule has 4 nitrogen and oxygen atoms in total. The smallest absolute Gasteiger partial charge is 0.137 e. The predicted molar refractivity (Wildman–Crippen MR) is 65.3 cm³/mol. The summed E-state index contributed by atoms with van der Waals surface area (Å²) in [6, 6.07) is 5.19. The van der Waals surface area contributed by atoms with Gasteiger partial charge < -0.3 is 14.4 Å². The van der Waals surface area contributed by atoms with Crippen molar-refractivity contribution in [2.75, 3.05) is 7.11 Å². The monoisotopic (exact) mass is 252 g/mol. The summed E-state index contributed by atoms with van der Waals surface area (Å²) in [5.74, 6) is 0.547. The number of imidazole rings is 1. The van der Waals surface area contributed by atoms with E-state index in [0.717, 1.165) is 11.3 Å². The molecule has 0 aliphatic rings. The molecule has 1 unspecified atom stereocenters. The van der Waals surface area contributed by atoms with Gasteiger partial charge in [0.15, 0.2) is 0 Å². The molecule has 5 heteroatoms. The lowest BCUT2D eigenvalue weighted by atomic mass is 10.1. The first-order chi connectivity index (χ1) is 8.13. The van der Waals surface area contributed by atoms with Crippen molar-refractivity contribution in [3.8, 4) is 5.75 Å². The Morgan fingerprint density at radius 1 is 1.47 bits per heavy atom. The van der Waals surface area contributed by atoms with E-state index < -0.39 is 6.10 Å². The number of rotatable bonds is 3. The maximum atomic E-state index is 10.2. The van der Waals surface area contributed by atoms with E-state index in [-0.39, 0.29) is 0 Å². The van der Waals surface area contributed by atoms with Gasteiger partial charge in [-0.25, -0.2) is 4.98 Å². The Morgan fingerprint density at radius 3 is 2.82 bits per heavy atom. The Hall–Kier alpha value is -1.52. The van der Waals surface area contributed by atoms with E-state index in [1.807, 2.05) is 7.05 Å². The molecule has 0 aliphatic carbocycles. The van der Waals surface area contributed by atoms with Crippen LogP contribution in [0.5, 0.6) is 5.75 Å². The number of aryl methyl sites for hydroxylation is 1. The Labute approximate surface area is 104 Å². The highest BCUT2D eigenvalue weighted by Gasteiger charge is 2.15. The molecule has 0 amide bonds. The van der Waals surface area contributed by atoms with Crippen molar-refractivity contribution in [2.24, 2.45) is 7.05 Å². The molecule has 1 heterocycles. The summed E-state index contributed by atoms with van der Waals surface area (Å²) in [6.07, 6.45) is 2.53. The van der Waals surface area contributed by atoms with Crippen LogP contribution in [0.15, 0.2) is 30.7 Å². The van der Waals surface area contributed by atoms with Crippen molar-refractivity contribution in [1.29, 1.82) is 0 Å². The topological polar surface area (TPSA) is 47.3 Å². The van der Waals surface area contributed by atoms with E-state index in [2.05, 4.69) is 4.98 Å². The largest absolute Gasteiger partial charge is 0.495 e. The normalized spacial score (nSPS) is 12.5. The van der Waals surface area contributed by atoms with Crippen LogP contribution in [0.3, 0.4) is 0 Å². The number of halogens is 1. The van der Waals surface area contributed by atoms with Crippen LogP contribution in [-0.4, -0.2) is 21.8 Å². The lowest BCUT2D eigenvalue weighted by molar-refractivity contribution is 0.211. The minimum Gasteiger partial charge on any atom is -0.495 e. The molecule has 1 aromatic carbocycles. The van der Waals surface area contributed by atoms with Crippen molar-refractivity contribution in [3.05, 3.63) is 47.0 Å². The number of aromatic nitrogens is 2. The average molecular weight is 253 g/mol. The highest BCUT2D eigenvalue weighted by Crippen LogP contribution is 2.30. The molecule has 17 heavy (non-hydrogen) atoms. The van der Waals surface area contributed by atoms with Crippen molar-refractivity contribution in [2.45, 2.75) is 6.10 Å². The number of hydrogen-bond acceptors (Lipinski definition) is 3. The molecule has 0 fully saturated rings. The van der Waals surface area contributed by atoms with Crippen LogP contribution in [0.1, 0.15) is 17.4 Å². The Morgan fingerprint density at radius 2 is 2.24 bits per heavy atom. The quantitative estimate of drug-likeness (QED) is 0.911. The third kappa shape index (κ3) is 2.28. The first-order valence-corrected chi connectivity index (χ1v) is 5.49. The maximum Gasteiger partial charge on any atom is 0.137 e. The number of aliphatic hydroxyl groups excluding tert-OH is 1. The van der Waals surface area contributed by atoms with Gasteiger partial charge in [-0.2, -0.15) is 0 Å². The standard InChI is InChI=1S/C12H13ClN2O2/c1-15-7-14-6-10(15)12(16)8-3-4-9(13)11(5-8)17-2/h3-7,12,16H,1-2H3. The zero-order valence-corrected chi connectivity index (χ0v) is 10.3. The first kappa shape index (κ1) is 12.0. The highest BCUT2D eigenvalue weighted by atomic mass is 35.5. The summed E-state index contributed by atoms with van der Waals surface area (Å²) in [6.45, 7) is 0. The molecule has 0 saturated heterocycles. The molecule has 1 aromatic heterocycles. The molecule has 2 rings (SSSR count). The molecular weight excluding hydrogens is 240 g/mol. The van der Waals surface area contributed by atoms with Gasteiger partial charge in [-0.1, -0.05) is 17.7 Å². The predicted octanol–water partition coefficient (Wildman–Crippen LogP) is 2.16. The molecule has 0 radical (unpaired) electrons. The van der Waals surface area contributed by atoms with Crippen LogP contribution in [0.2, 0.25) is 5.02 Å². The van der Waals surface area contributed by atoms with Gasteiger partial charge in [-0.05, 0) is 17.7 Å². The van der Waals surface area contributed by atoms with Gasteiger partial charge in [0.2, 0.25) is 0 Å². The van der Waals surface area contributed by atoms with E-state index in [1.54, 1.807) is 42.4 Å². The highest BCUT2D eigenvalue weighted by molar-refractivity contribution is 6.32. The number of nitrogens with zero attached hydrogens (tertiary/aromatic N) is 2. The molecule has 90 valence electrons. The third-order valence-corrected chi connectivity index (χ3v) is 2.94. The van der Waals surface area contributed by atoms with Crippen molar-refractivity contribution < 1.29 is 9.84 Å².